The number of rotatable bonds is 4. The molecule has 4 nitrogen and oxygen atoms in total. The van der Waals surface area contributed by atoms with E-state index in [0.29, 0.717) is 18.5 Å². The highest BCUT2D eigenvalue weighted by Crippen LogP contribution is 2.32. The van der Waals surface area contributed by atoms with Crippen LogP contribution in [0.3, 0.4) is 0 Å². The monoisotopic (exact) mass is 277 g/mol. The molecule has 0 spiro atoms. The Hall–Kier alpha value is -1.73. The molecule has 1 aliphatic heterocycles. The van der Waals surface area contributed by atoms with Gasteiger partial charge in [-0.25, -0.2) is 0 Å². The van der Waals surface area contributed by atoms with Crippen molar-refractivity contribution in [3.63, 3.8) is 0 Å². The fourth-order valence-electron chi connectivity index (χ4n) is 2.13. The van der Waals surface area contributed by atoms with Crippen molar-refractivity contribution in [2.75, 3.05) is 23.3 Å². The third-order valence-corrected chi connectivity index (χ3v) is 3.35. The van der Waals surface area contributed by atoms with Crippen molar-refractivity contribution >= 4 is 28.9 Å². The Bertz CT molecular complexity index is 524. The van der Waals surface area contributed by atoms with E-state index in [1.165, 1.54) is 0 Å². The molecular weight excluding hydrogens is 262 g/mol. The first-order valence-electron chi connectivity index (χ1n) is 6.38. The third-order valence-electron chi connectivity index (χ3n) is 3.06. The number of carbonyl (C=O) groups excluding carboxylic acids is 1. The number of nitriles is 1. The summed E-state index contributed by atoms with van der Waals surface area (Å²) in [4.78, 5) is 13.6. The van der Waals surface area contributed by atoms with Gasteiger partial charge in [-0.2, -0.15) is 5.26 Å². The van der Waals surface area contributed by atoms with Gasteiger partial charge in [0.2, 0.25) is 5.91 Å². The van der Waals surface area contributed by atoms with Gasteiger partial charge in [0.25, 0.3) is 0 Å². The average Bonchev–Trinajstić information content (AvgIpc) is 2.75. The van der Waals surface area contributed by atoms with Gasteiger partial charge in [-0.05, 0) is 24.6 Å². The van der Waals surface area contributed by atoms with Crippen LogP contribution in [-0.2, 0) is 4.79 Å². The van der Waals surface area contributed by atoms with Gasteiger partial charge in [0.15, 0.2) is 0 Å². The molecule has 1 fully saturated rings. The molecule has 19 heavy (non-hydrogen) atoms. The molecule has 0 aliphatic carbocycles. The van der Waals surface area contributed by atoms with Crippen LogP contribution in [0.25, 0.3) is 0 Å². The lowest BCUT2D eigenvalue weighted by molar-refractivity contribution is -0.117. The molecule has 1 aliphatic rings. The minimum absolute atomic E-state index is 0.00892. The summed E-state index contributed by atoms with van der Waals surface area (Å²) in [5.41, 5.74) is 2.17. The molecule has 5 heteroatoms. The molecule has 1 aromatic rings. The van der Waals surface area contributed by atoms with Gasteiger partial charge < -0.3 is 10.2 Å². The molecule has 1 unspecified atom stereocenters. The number of hydrogen-bond acceptors (Lipinski definition) is 3. The number of benzene rings is 1. The van der Waals surface area contributed by atoms with Crippen molar-refractivity contribution in [1.82, 2.24) is 0 Å². The van der Waals surface area contributed by atoms with Crippen LogP contribution in [0.4, 0.5) is 11.4 Å². The first kappa shape index (κ1) is 13.7. The van der Waals surface area contributed by atoms with Crippen LogP contribution in [-0.4, -0.2) is 24.4 Å². The molecule has 1 atom stereocenters. The van der Waals surface area contributed by atoms with Crippen LogP contribution in [0.5, 0.6) is 0 Å². The van der Waals surface area contributed by atoms with Crippen molar-refractivity contribution < 1.29 is 4.79 Å². The first-order valence-corrected chi connectivity index (χ1v) is 6.81. The van der Waals surface area contributed by atoms with Crippen molar-refractivity contribution in [3.05, 3.63) is 23.8 Å². The van der Waals surface area contributed by atoms with Gasteiger partial charge in [-0.1, -0.05) is 6.92 Å². The molecule has 1 saturated heterocycles. The standard InChI is InChI=1S/C14H16ClN3O/c1-2-5-17-12-4-3-10(8-16)6-13(12)18-9-11(15)7-14(18)19/h3-4,6,11,17H,2,5,7,9H2,1H3. The van der Waals surface area contributed by atoms with E-state index in [9.17, 15) is 4.79 Å². The Labute approximate surface area is 118 Å². The zero-order valence-corrected chi connectivity index (χ0v) is 11.6. The fraction of sp³-hybridized carbons (Fsp3) is 0.429. The van der Waals surface area contributed by atoms with E-state index in [4.69, 9.17) is 16.9 Å². The van der Waals surface area contributed by atoms with Crippen molar-refractivity contribution in [2.24, 2.45) is 0 Å². The molecule has 2 rings (SSSR count). The summed E-state index contributed by atoms with van der Waals surface area (Å²) in [6.07, 6.45) is 1.34. The highest BCUT2D eigenvalue weighted by molar-refractivity contribution is 6.24. The second-order valence-electron chi connectivity index (χ2n) is 4.58. The van der Waals surface area contributed by atoms with Gasteiger partial charge in [-0.15, -0.1) is 11.6 Å². The van der Waals surface area contributed by atoms with Crippen LogP contribution < -0.4 is 10.2 Å². The van der Waals surface area contributed by atoms with Crippen LogP contribution in [0, 0.1) is 11.3 Å². The van der Waals surface area contributed by atoms with E-state index in [0.717, 1.165) is 24.3 Å². The maximum Gasteiger partial charge on any atom is 0.228 e. The lowest BCUT2D eigenvalue weighted by Gasteiger charge is -2.21. The molecule has 1 amide bonds. The van der Waals surface area contributed by atoms with E-state index in [1.807, 2.05) is 6.07 Å². The quantitative estimate of drug-likeness (QED) is 0.861. The van der Waals surface area contributed by atoms with Crippen LogP contribution in [0.2, 0.25) is 0 Å². The molecule has 0 bridgehead atoms. The number of nitrogens with one attached hydrogen (secondary N) is 1. The fourth-order valence-corrected chi connectivity index (χ4v) is 2.40. The molecule has 1 aromatic carbocycles. The van der Waals surface area contributed by atoms with E-state index in [1.54, 1.807) is 17.0 Å². The van der Waals surface area contributed by atoms with Crippen LogP contribution in [0.1, 0.15) is 25.3 Å². The summed E-state index contributed by atoms with van der Waals surface area (Å²) >= 11 is 6.03. The second kappa shape index (κ2) is 5.94. The molecular formula is C14H16ClN3O. The van der Waals surface area contributed by atoms with Gasteiger partial charge in [0, 0.05) is 19.5 Å². The molecule has 0 radical (unpaired) electrons. The third kappa shape index (κ3) is 2.99. The number of alkyl halides is 1. The summed E-state index contributed by atoms with van der Waals surface area (Å²) in [5.74, 6) is 0.00892. The molecule has 100 valence electrons. The predicted molar refractivity (Wildman–Crippen MR) is 76.5 cm³/mol. The Balaban J connectivity index is 2.35. The molecule has 1 heterocycles. The molecule has 1 N–H and O–H groups in total. The van der Waals surface area contributed by atoms with Crippen molar-refractivity contribution in [2.45, 2.75) is 25.1 Å². The lowest BCUT2D eigenvalue weighted by Crippen LogP contribution is -2.25. The van der Waals surface area contributed by atoms with Crippen LogP contribution >= 0.6 is 11.6 Å². The van der Waals surface area contributed by atoms with Gasteiger partial charge >= 0.3 is 0 Å². The smallest absolute Gasteiger partial charge is 0.228 e. The van der Waals surface area contributed by atoms with E-state index >= 15 is 0 Å². The van der Waals surface area contributed by atoms with Crippen molar-refractivity contribution in [1.29, 1.82) is 5.26 Å². The number of hydrogen-bond donors (Lipinski definition) is 1. The number of anilines is 2. The molecule has 0 saturated carbocycles. The number of carbonyl (C=O) groups is 1. The zero-order valence-electron chi connectivity index (χ0n) is 10.8. The SMILES string of the molecule is CCCNc1ccc(C#N)cc1N1CC(Cl)CC1=O. The van der Waals surface area contributed by atoms with E-state index in [2.05, 4.69) is 18.3 Å². The van der Waals surface area contributed by atoms with E-state index in [-0.39, 0.29) is 11.3 Å². The lowest BCUT2D eigenvalue weighted by atomic mass is 10.1. The first-order chi connectivity index (χ1) is 9.15. The largest absolute Gasteiger partial charge is 0.383 e. The Morgan fingerprint density at radius 1 is 1.58 bits per heavy atom. The minimum Gasteiger partial charge on any atom is -0.383 e. The number of amides is 1. The van der Waals surface area contributed by atoms with Crippen LogP contribution in [0.15, 0.2) is 18.2 Å². The highest BCUT2D eigenvalue weighted by Gasteiger charge is 2.30. The van der Waals surface area contributed by atoms with Gasteiger partial charge in [0.1, 0.15) is 0 Å². The number of nitrogens with zero attached hydrogens (tertiary/aromatic N) is 2. The zero-order chi connectivity index (χ0) is 13.8. The predicted octanol–water partition coefficient (Wildman–Crippen LogP) is 2.72. The summed E-state index contributed by atoms with van der Waals surface area (Å²) < 4.78 is 0. The normalized spacial score (nSPS) is 18.5. The summed E-state index contributed by atoms with van der Waals surface area (Å²) in [5, 5.41) is 12.1. The average molecular weight is 278 g/mol. The Kier molecular flexibility index (Phi) is 4.28. The summed E-state index contributed by atoms with van der Waals surface area (Å²) in [6, 6.07) is 7.44. The highest BCUT2D eigenvalue weighted by atomic mass is 35.5. The summed E-state index contributed by atoms with van der Waals surface area (Å²) in [6.45, 7) is 3.40. The van der Waals surface area contributed by atoms with Gasteiger partial charge in [0.05, 0.1) is 28.4 Å². The number of halogens is 1. The Morgan fingerprint density at radius 2 is 2.37 bits per heavy atom. The van der Waals surface area contributed by atoms with Gasteiger partial charge in [-0.3, -0.25) is 4.79 Å². The Morgan fingerprint density at radius 3 is 2.95 bits per heavy atom. The minimum atomic E-state index is -0.155. The second-order valence-corrected chi connectivity index (χ2v) is 5.19. The van der Waals surface area contributed by atoms with E-state index < -0.39 is 0 Å². The topological polar surface area (TPSA) is 56.1 Å². The van der Waals surface area contributed by atoms with Crippen molar-refractivity contribution in [3.8, 4) is 6.07 Å². The maximum atomic E-state index is 11.9. The summed E-state index contributed by atoms with van der Waals surface area (Å²) in [7, 11) is 0. The molecule has 0 aromatic heterocycles. The maximum absolute atomic E-state index is 11.9.